The molecule has 0 bridgehead atoms. The molecule has 2 aromatic rings. The van der Waals surface area contributed by atoms with Crippen molar-refractivity contribution in [2.75, 3.05) is 0 Å². The summed E-state index contributed by atoms with van der Waals surface area (Å²) in [7, 11) is 0. The third kappa shape index (κ3) is 3.83. The number of aryl methyl sites for hydroxylation is 1. The lowest BCUT2D eigenvalue weighted by Crippen LogP contribution is -2.26. The number of nitrogens with one attached hydrogen (secondary N) is 1. The quantitative estimate of drug-likeness (QED) is 0.805. The first kappa shape index (κ1) is 16.0. The van der Waals surface area contributed by atoms with Crippen LogP contribution in [0.1, 0.15) is 34.5 Å². The van der Waals surface area contributed by atoms with Gasteiger partial charge in [0.2, 0.25) is 0 Å². The molecule has 2 aromatic carbocycles. The Morgan fingerprint density at radius 3 is 2.62 bits per heavy atom. The fraction of sp³-hybridized carbons (Fsp3) is 0.188. The van der Waals surface area contributed by atoms with Gasteiger partial charge in [0.15, 0.2) is 0 Å². The van der Waals surface area contributed by atoms with E-state index in [0.717, 1.165) is 5.56 Å². The minimum absolute atomic E-state index is 0.235. The van der Waals surface area contributed by atoms with Crippen LogP contribution >= 0.6 is 27.5 Å². The number of amides is 1. The third-order valence-electron chi connectivity index (χ3n) is 3.23. The Morgan fingerprint density at radius 1 is 1.29 bits per heavy atom. The molecule has 1 unspecified atom stereocenters. The van der Waals surface area contributed by atoms with Crippen molar-refractivity contribution < 1.29 is 9.18 Å². The van der Waals surface area contributed by atoms with E-state index in [2.05, 4.69) is 21.2 Å². The molecule has 0 spiro atoms. The molecule has 0 aliphatic carbocycles. The second-order valence-corrected chi connectivity index (χ2v) is 6.09. The van der Waals surface area contributed by atoms with Crippen LogP contribution in [0, 0.1) is 12.7 Å². The molecule has 0 aromatic heterocycles. The molecule has 0 radical (unpaired) electrons. The van der Waals surface area contributed by atoms with Crippen LogP contribution in [0.3, 0.4) is 0 Å². The number of rotatable bonds is 3. The van der Waals surface area contributed by atoms with Gasteiger partial charge in [0.1, 0.15) is 5.82 Å². The van der Waals surface area contributed by atoms with Crippen LogP contribution in [-0.2, 0) is 0 Å². The van der Waals surface area contributed by atoms with Gasteiger partial charge in [-0.15, -0.1) is 0 Å². The normalized spacial score (nSPS) is 12.0. The van der Waals surface area contributed by atoms with E-state index in [1.807, 2.05) is 6.92 Å². The topological polar surface area (TPSA) is 29.1 Å². The third-order valence-corrected chi connectivity index (χ3v) is 4.44. The first-order chi connectivity index (χ1) is 9.88. The Bertz CT molecular complexity index is 690. The molecule has 1 amide bonds. The highest BCUT2D eigenvalue weighted by molar-refractivity contribution is 9.10. The van der Waals surface area contributed by atoms with Gasteiger partial charge in [0.25, 0.3) is 5.91 Å². The van der Waals surface area contributed by atoms with Crippen LogP contribution in [0.4, 0.5) is 4.39 Å². The Labute approximate surface area is 136 Å². The van der Waals surface area contributed by atoms with E-state index in [0.29, 0.717) is 20.6 Å². The standard InChI is InChI=1S/C16H14BrClFNO/c1-9-3-4-11(8-15(9)19)10(2)20-16(21)12-5-6-14(18)13(17)7-12/h3-8,10H,1-2H3,(H,20,21). The van der Waals surface area contributed by atoms with Gasteiger partial charge in [-0.2, -0.15) is 0 Å². The maximum absolute atomic E-state index is 13.6. The van der Waals surface area contributed by atoms with Crippen LogP contribution in [0.2, 0.25) is 5.02 Å². The molecule has 21 heavy (non-hydrogen) atoms. The van der Waals surface area contributed by atoms with Gasteiger partial charge in [0.05, 0.1) is 11.1 Å². The largest absolute Gasteiger partial charge is 0.346 e. The van der Waals surface area contributed by atoms with E-state index in [1.54, 1.807) is 37.3 Å². The van der Waals surface area contributed by atoms with Crippen molar-refractivity contribution in [2.24, 2.45) is 0 Å². The SMILES string of the molecule is Cc1ccc(C(C)NC(=O)c2ccc(Cl)c(Br)c2)cc1F. The van der Waals surface area contributed by atoms with E-state index in [-0.39, 0.29) is 17.8 Å². The molecule has 1 atom stereocenters. The van der Waals surface area contributed by atoms with Gasteiger partial charge in [-0.3, -0.25) is 4.79 Å². The molecule has 0 aliphatic heterocycles. The summed E-state index contributed by atoms with van der Waals surface area (Å²) in [5.74, 6) is -0.510. The summed E-state index contributed by atoms with van der Waals surface area (Å²) < 4.78 is 14.2. The van der Waals surface area contributed by atoms with E-state index in [9.17, 15) is 9.18 Å². The molecule has 0 heterocycles. The van der Waals surface area contributed by atoms with Gasteiger partial charge in [-0.1, -0.05) is 23.7 Å². The first-order valence-corrected chi connectivity index (χ1v) is 7.57. The second kappa shape index (κ2) is 6.58. The summed E-state index contributed by atoms with van der Waals surface area (Å²) in [4.78, 5) is 12.2. The molecule has 2 rings (SSSR count). The van der Waals surface area contributed by atoms with Crippen molar-refractivity contribution >= 4 is 33.4 Å². The van der Waals surface area contributed by atoms with Crippen molar-refractivity contribution in [2.45, 2.75) is 19.9 Å². The highest BCUT2D eigenvalue weighted by Crippen LogP contribution is 2.24. The number of hydrogen-bond acceptors (Lipinski definition) is 1. The van der Waals surface area contributed by atoms with Crippen molar-refractivity contribution in [1.82, 2.24) is 5.32 Å². The number of carbonyl (C=O) groups is 1. The summed E-state index contributed by atoms with van der Waals surface area (Å²) in [6.07, 6.45) is 0. The molecule has 0 aliphatic rings. The van der Waals surface area contributed by atoms with Crippen LogP contribution in [0.25, 0.3) is 0 Å². The summed E-state index contributed by atoms with van der Waals surface area (Å²) in [6, 6.07) is 9.61. The molecule has 0 saturated heterocycles. The van der Waals surface area contributed by atoms with Gasteiger partial charge in [-0.25, -0.2) is 4.39 Å². The lowest BCUT2D eigenvalue weighted by molar-refractivity contribution is 0.0939. The Kier molecular flexibility index (Phi) is 5.01. The highest BCUT2D eigenvalue weighted by Gasteiger charge is 2.13. The number of carbonyl (C=O) groups excluding carboxylic acids is 1. The molecular weight excluding hydrogens is 357 g/mol. The Morgan fingerprint density at radius 2 is 2.00 bits per heavy atom. The summed E-state index contributed by atoms with van der Waals surface area (Å²) >= 11 is 9.18. The van der Waals surface area contributed by atoms with Crippen molar-refractivity contribution in [3.63, 3.8) is 0 Å². The van der Waals surface area contributed by atoms with E-state index >= 15 is 0 Å². The molecule has 5 heteroatoms. The van der Waals surface area contributed by atoms with Gasteiger partial charge >= 0.3 is 0 Å². The van der Waals surface area contributed by atoms with Gasteiger partial charge < -0.3 is 5.32 Å². The lowest BCUT2D eigenvalue weighted by atomic mass is 10.1. The molecule has 2 nitrogen and oxygen atoms in total. The van der Waals surface area contributed by atoms with Gasteiger partial charge in [0, 0.05) is 10.0 Å². The van der Waals surface area contributed by atoms with E-state index in [1.165, 1.54) is 6.07 Å². The molecule has 0 fully saturated rings. The zero-order valence-electron chi connectivity index (χ0n) is 11.6. The average Bonchev–Trinajstić information content (AvgIpc) is 2.44. The summed E-state index contributed by atoms with van der Waals surface area (Å²) in [5.41, 5.74) is 1.80. The molecule has 110 valence electrons. The van der Waals surface area contributed by atoms with E-state index in [4.69, 9.17) is 11.6 Å². The monoisotopic (exact) mass is 369 g/mol. The summed E-state index contributed by atoms with van der Waals surface area (Å²) in [6.45, 7) is 3.51. The smallest absolute Gasteiger partial charge is 0.251 e. The maximum atomic E-state index is 13.6. The Balaban J connectivity index is 2.14. The Hall–Kier alpha value is -1.39. The lowest BCUT2D eigenvalue weighted by Gasteiger charge is -2.15. The maximum Gasteiger partial charge on any atom is 0.251 e. The van der Waals surface area contributed by atoms with Crippen LogP contribution in [-0.4, -0.2) is 5.91 Å². The predicted molar refractivity (Wildman–Crippen MR) is 86.2 cm³/mol. The number of benzene rings is 2. The highest BCUT2D eigenvalue weighted by atomic mass is 79.9. The summed E-state index contributed by atoms with van der Waals surface area (Å²) in [5, 5.41) is 3.38. The van der Waals surface area contributed by atoms with E-state index < -0.39 is 0 Å². The van der Waals surface area contributed by atoms with Crippen LogP contribution in [0.5, 0.6) is 0 Å². The van der Waals surface area contributed by atoms with Crippen LogP contribution < -0.4 is 5.32 Å². The number of halogens is 3. The predicted octanol–water partition coefficient (Wildman–Crippen LogP) is 5.04. The second-order valence-electron chi connectivity index (χ2n) is 4.83. The van der Waals surface area contributed by atoms with Crippen molar-refractivity contribution in [1.29, 1.82) is 0 Å². The molecule has 0 saturated carbocycles. The minimum Gasteiger partial charge on any atom is -0.346 e. The average molecular weight is 371 g/mol. The number of hydrogen-bond donors (Lipinski definition) is 1. The molecular formula is C16H14BrClFNO. The minimum atomic E-state index is -0.290. The zero-order valence-corrected chi connectivity index (χ0v) is 13.9. The fourth-order valence-corrected chi connectivity index (χ4v) is 2.38. The van der Waals surface area contributed by atoms with Crippen LogP contribution in [0.15, 0.2) is 40.9 Å². The zero-order chi connectivity index (χ0) is 15.6. The molecule has 1 N–H and O–H groups in total. The van der Waals surface area contributed by atoms with Gasteiger partial charge in [-0.05, 0) is 65.2 Å². The fourth-order valence-electron chi connectivity index (χ4n) is 1.88. The van der Waals surface area contributed by atoms with Crippen molar-refractivity contribution in [3.05, 3.63) is 68.4 Å². The van der Waals surface area contributed by atoms with Crippen molar-refractivity contribution in [3.8, 4) is 0 Å². The first-order valence-electron chi connectivity index (χ1n) is 6.40.